The second kappa shape index (κ2) is 7.21. The molecule has 0 fully saturated rings. The number of amides is 1. The number of carbonyl (C=O) groups is 1. The Morgan fingerprint density at radius 2 is 1.70 bits per heavy atom. The lowest BCUT2D eigenvalue weighted by Crippen LogP contribution is -2.12. The van der Waals surface area contributed by atoms with E-state index in [0.717, 1.165) is 16.6 Å². The predicted octanol–water partition coefficient (Wildman–Crippen LogP) is 4.76. The van der Waals surface area contributed by atoms with Crippen LogP contribution < -0.4 is 10.6 Å². The van der Waals surface area contributed by atoms with Crippen LogP contribution >= 0.6 is 0 Å². The number of pyridine rings is 2. The van der Waals surface area contributed by atoms with Crippen molar-refractivity contribution in [1.82, 2.24) is 9.97 Å². The molecule has 0 atom stereocenters. The number of aromatic nitrogens is 2. The largest absolute Gasteiger partial charge is 0.338 e. The first-order valence-corrected chi connectivity index (χ1v) is 8.33. The van der Waals surface area contributed by atoms with Gasteiger partial charge in [-0.25, -0.2) is 9.37 Å². The third kappa shape index (κ3) is 3.74. The molecular formula is C21H15FN4O. The van der Waals surface area contributed by atoms with Crippen molar-refractivity contribution < 1.29 is 9.18 Å². The van der Waals surface area contributed by atoms with Crippen LogP contribution in [0, 0.1) is 5.82 Å². The third-order valence-corrected chi connectivity index (χ3v) is 4.02. The van der Waals surface area contributed by atoms with Crippen LogP contribution in [-0.4, -0.2) is 15.9 Å². The van der Waals surface area contributed by atoms with Gasteiger partial charge in [-0.3, -0.25) is 9.78 Å². The normalized spacial score (nSPS) is 10.6. The summed E-state index contributed by atoms with van der Waals surface area (Å²) in [5.41, 5.74) is 2.58. The van der Waals surface area contributed by atoms with Crippen molar-refractivity contribution in [2.24, 2.45) is 0 Å². The summed E-state index contributed by atoms with van der Waals surface area (Å²) in [4.78, 5) is 21.1. The Balaban J connectivity index is 1.57. The number of hydrogen-bond acceptors (Lipinski definition) is 4. The highest BCUT2D eigenvalue weighted by atomic mass is 19.1. The number of halogens is 1. The summed E-state index contributed by atoms with van der Waals surface area (Å²) in [6.45, 7) is 0. The summed E-state index contributed by atoms with van der Waals surface area (Å²) in [5, 5.41) is 6.95. The Labute approximate surface area is 154 Å². The summed E-state index contributed by atoms with van der Waals surface area (Å²) in [5.74, 6) is -0.130. The maximum atomic E-state index is 13.0. The fourth-order valence-electron chi connectivity index (χ4n) is 2.72. The van der Waals surface area contributed by atoms with Crippen molar-refractivity contribution in [2.45, 2.75) is 0 Å². The number of hydrogen-bond donors (Lipinski definition) is 2. The zero-order valence-corrected chi connectivity index (χ0v) is 14.2. The number of benzene rings is 2. The van der Waals surface area contributed by atoms with Gasteiger partial charge in [0.2, 0.25) is 0 Å². The second-order valence-corrected chi connectivity index (χ2v) is 5.90. The number of nitrogens with one attached hydrogen (secondary N) is 2. The van der Waals surface area contributed by atoms with E-state index in [1.807, 2.05) is 30.3 Å². The molecule has 5 nitrogen and oxygen atoms in total. The number of fused-ring (bicyclic) bond motifs is 1. The average Bonchev–Trinajstić information content (AvgIpc) is 2.70. The van der Waals surface area contributed by atoms with Crippen molar-refractivity contribution in [2.75, 3.05) is 10.6 Å². The molecule has 0 aliphatic carbocycles. The van der Waals surface area contributed by atoms with Gasteiger partial charge < -0.3 is 10.6 Å². The van der Waals surface area contributed by atoms with Crippen LogP contribution in [-0.2, 0) is 0 Å². The van der Waals surface area contributed by atoms with Crippen LogP contribution in [0.1, 0.15) is 10.4 Å². The van der Waals surface area contributed by atoms with Crippen molar-refractivity contribution in [3.8, 4) is 0 Å². The molecule has 27 heavy (non-hydrogen) atoms. The highest BCUT2D eigenvalue weighted by Crippen LogP contribution is 2.24. The molecule has 0 bridgehead atoms. The highest BCUT2D eigenvalue weighted by molar-refractivity contribution is 6.04. The summed E-state index contributed by atoms with van der Waals surface area (Å²) < 4.78 is 13.0. The summed E-state index contributed by atoms with van der Waals surface area (Å²) in [7, 11) is 0. The molecule has 2 N–H and O–H groups in total. The van der Waals surface area contributed by atoms with E-state index in [1.54, 1.807) is 24.5 Å². The SMILES string of the molecule is O=C(Nc1ccc(F)cc1)c1ccnc(Nc2cccc3cccnc23)c1. The Bertz CT molecular complexity index is 1110. The standard InChI is InChI=1S/C21H15FN4O/c22-16-6-8-17(9-7-16)25-21(27)15-10-12-23-19(13-15)26-18-5-1-3-14-4-2-11-24-20(14)18/h1-13H,(H,23,26)(H,25,27). The Morgan fingerprint density at radius 3 is 2.56 bits per heavy atom. The average molecular weight is 358 g/mol. The van der Waals surface area contributed by atoms with Crippen molar-refractivity contribution in [1.29, 1.82) is 0 Å². The monoisotopic (exact) mass is 358 g/mol. The van der Waals surface area contributed by atoms with E-state index in [0.29, 0.717) is 17.1 Å². The van der Waals surface area contributed by atoms with Crippen molar-refractivity contribution in [3.05, 3.63) is 90.5 Å². The fourth-order valence-corrected chi connectivity index (χ4v) is 2.72. The zero-order chi connectivity index (χ0) is 18.6. The molecule has 4 aromatic rings. The number of anilines is 3. The molecule has 0 saturated carbocycles. The first-order chi connectivity index (χ1) is 13.2. The van der Waals surface area contributed by atoms with E-state index in [9.17, 15) is 9.18 Å². The lowest BCUT2D eigenvalue weighted by atomic mass is 10.2. The van der Waals surface area contributed by atoms with Gasteiger partial charge >= 0.3 is 0 Å². The zero-order valence-electron chi connectivity index (χ0n) is 14.2. The Morgan fingerprint density at radius 1 is 0.889 bits per heavy atom. The minimum atomic E-state index is -0.355. The maximum Gasteiger partial charge on any atom is 0.255 e. The van der Waals surface area contributed by atoms with E-state index in [2.05, 4.69) is 20.6 Å². The Hall–Kier alpha value is -3.80. The van der Waals surface area contributed by atoms with E-state index < -0.39 is 0 Å². The molecular weight excluding hydrogens is 343 g/mol. The molecule has 4 rings (SSSR count). The molecule has 2 aromatic heterocycles. The molecule has 6 heteroatoms. The lowest BCUT2D eigenvalue weighted by molar-refractivity contribution is 0.102. The molecule has 0 aliphatic rings. The van der Waals surface area contributed by atoms with Crippen LogP contribution in [0.5, 0.6) is 0 Å². The van der Waals surface area contributed by atoms with Gasteiger partial charge in [-0.05, 0) is 48.5 Å². The van der Waals surface area contributed by atoms with E-state index in [1.165, 1.54) is 24.3 Å². The first-order valence-electron chi connectivity index (χ1n) is 8.33. The van der Waals surface area contributed by atoms with Gasteiger partial charge in [0.1, 0.15) is 11.6 Å². The quantitative estimate of drug-likeness (QED) is 0.552. The van der Waals surface area contributed by atoms with Gasteiger partial charge in [0.25, 0.3) is 5.91 Å². The van der Waals surface area contributed by atoms with Crippen LogP contribution in [0.15, 0.2) is 79.1 Å². The third-order valence-electron chi connectivity index (χ3n) is 4.02. The van der Waals surface area contributed by atoms with Crippen molar-refractivity contribution >= 4 is 34.0 Å². The summed E-state index contributed by atoms with van der Waals surface area (Å²) in [6.07, 6.45) is 3.29. The smallest absolute Gasteiger partial charge is 0.255 e. The van der Waals surface area contributed by atoms with Crippen LogP contribution in [0.2, 0.25) is 0 Å². The van der Waals surface area contributed by atoms with Gasteiger partial charge in [-0.2, -0.15) is 0 Å². The minimum Gasteiger partial charge on any atom is -0.338 e. The lowest BCUT2D eigenvalue weighted by Gasteiger charge is -2.10. The molecule has 0 unspecified atom stereocenters. The number of nitrogens with zero attached hydrogens (tertiary/aromatic N) is 2. The second-order valence-electron chi connectivity index (χ2n) is 5.90. The van der Waals surface area contributed by atoms with E-state index in [4.69, 9.17) is 0 Å². The van der Waals surface area contributed by atoms with Crippen LogP contribution in [0.3, 0.4) is 0 Å². The molecule has 0 spiro atoms. The van der Waals surface area contributed by atoms with Crippen molar-refractivity contribution in [3.63, 3.8) is 0 Å². The topological polar surface area (TPSA) is 66.9 Å². The van der Waals surface area contributed by atoms with Crippen LogP contribution in [0.25, 0.3) is 10.9 Å². The molecule has 1 amide bonds. The van der Waals surface area contributed by atoms with Gasteiger partial charge in [-0.1, -0.05) is 18.2 Å². The molecule has 0 saturated heterocycles. The molecule has 2 heterocycles. The fraction of sp³-hybridized carbons (Fsp3) is 0. The minimum absolute atomic E-state index is 0.303. The Kier molecular flexibility index (Phi) is 4.45. The van der Waals surface area contributed by atoms with E-state index >= 15 is 0 Å². The maximum absolute atomic E-state index is 13.0. The predicted molar refractivity (Wildman–Crippen MR) is 104 cm³/mol. The van der Waals surface area contributed by atoms with Gasteiger partial charge in [0.15, 0.2) is 0 Å². The molecule has 132 valence electrons. The number of carbonyl (C=O) groups excluding carboxylic acids is 1. The molecule has 0 radical (unpaired) electrons. The van der Waals surface area contributed by atoms with Gasteiger partial charge in [-0.15, -0.1) is 0 Å². The van der Waals surface area contributed by atoms with E-state index in [-0.39, 0.29) is 11.7 Å². The molecule has 0 aliphatic heterocycles. The number of rotatable bonds is 4. The van der Waals surface area contributed by atoms with Gasteiger partial charge in [0.05, 0.1) is 11.2 Å². The number of para-hydroxylation sites is 1. The summed E-state index contributed by atoms with van der Waals surface area (Å²) >= 11 is 0. The van der Waals surface area contributed by atoms with Crippen LogP contribution in [0.4, 0.5) is 21.6 Å². The van der Waals surface area contributed by atoms with Gasteiger partial charge in [0, 0.05) is 29.0 Å². The summed E-state index contributed by atoms with van der Waals surface area (Å²) in [6, 6.07) is 18.5. The first kappa shape index (κ1) is 16.7. The highest BCUT2D eigenvalue weighted by Gasteiger charge is 2.09. The molecule has 2 aromatic carbocycles.